The molecule has 0 saturated heterocycles. The molecule has 31 heavy (non-hydrogen) atoms. The lowest BCUT2D eigenvalue weighted by molar-refractivity contribution is 0.0594. The Balaban J connectivity index is 1.82. The molecular weight excluding hydrogens is 441 g/mol. The topological polar surface area (TPSA) is 93.6 Å². The number of ether oxygens (including phenoxy) is 2. The Hall–Kier alpha value is -2.87. The lowest BCUT2D eigenvalue weighted by Gasteiger charge is -2.21. The number of benzene rings is 2. The standard InChI is InChI=1S/C22H19Cl2N3O4/c1-30-21-20(25-17-13-6-4-3-5-11(13)9-16(17)28)26-19(22(29)31-2)18(27-21)14-8-7-12(23)10-15(14)24/h3-8,10,16-17,28H,9H2,1-2H3,(H,25,26)/t16-,17+/m0/s1. The SMILES string of the molecule is COC(=O)c1nc(N[C@@H]2c3ccccc3C[C@@H]2O)c(OC)nc1-c1ccc(Cl)cc1Cl. The Morgan fingerprint density at radius 1 is 1.16 bits per heavy atom. The second kappa shape index (κ2) is 8.70. The second-order valence-corrected chi connectivity index (χ2v) is 7.83. The summed E-state index contributed by atoms with van der Waals surface area (Å²) in [7, 11) is 2.70. The Labute approximate surface area is 189 Å². The largest absolute Gasteiger partial charge is 0.478 e. The van der Waals surface area contributed by atoms with Gasteiger partial charge < -0.3 is 19.9 Å². The number of aliphatic hydroxyl groups is 1. The number of nitrogens with zero attached hydrogens (tertiary/aromatic N) is 2. The van der Waals surface area contributed by atoms with E-state index in [0.29, 0.717) is 22.0 Å². The van der Waals surface area contributed by atoms with Gasteiger partial charge in [0, 0.05) is 17.0 Å². The molecule has 1 aliphatic carbocycles. The van der Waals surface area contributed by atoms with Gasteiger partial charge in [0.1, 0.15) is 5.69 Å². The molecule has 0 radical (unpaired) electrons. The van der Waals surface area contributed by atoms with E-state index in [4.69, 9.17) is 32.7 Å². The number of halogens is 2. The summed E-state index contributed by atoms with van der Waals surface area (Å²) in [6, 6.07) is 12.1. The molecule has 4 rings (SSSR count). The van der Waals surface area contributed by atoms with Crippen LogP contribution in [0.15, 0.2) is 42.5 Å². The Morgan fingerprint density at radius 3 is 2.65 bits per heavy atom. The van der Waals surface area contributed by atoms with Crippen LogP contribution in [-0.4, -0.2) is 41.4 Å². The lowest BCUT2D eigenvalue weighted by Crippen LogP contribution is -2.23. The second-order valence-electron chi connectivity index (χ2n) is 6.99. The van der Waals surface area contributed by atoms with Crippen LogP contribution in [0.25, 0.3) is 11.3 Å². The molecule has 2 N–H and O–H groups in total. The molecule has 7 nitrogen and oxygen atoms in total. The highest BCUT2D eigenvalue weighted by Crippen LogP contribution is 2.38. The lowest BCUT2D eigenvalue weighted by atomic mass is 10.1. The third kappa shape index (κ3) is 4.04. The van der Waals surface area contributed by atoms with E-state index in [1.54, 1.807) is 18.2 Å². The fraction of sp³-hybridized carbons (Fsp3) is 0.227. The Kier molecular flexibility index (Phi) is 6.00. The maximum atomic E-state index is 12.5. The number of carbonyl (C=O) groups is 1. The minimum atomic E-state index is -0.688. The van der Waals surface area contributed by atoms with Crippen LogP contribution in [0.4, 0.5) is 5.82 Å². The van der Waals surface area contributed by atoms with Gasteiger partial charge in [-0.25, -0.2) is 14.8 Å². The van der Waals surface area contributed by atoms with Crippen LogP contribution in [0.1, 0.15) is 27.7 Å². The first-order chi connectivity index (χ1) is 14.9. The molecule has 2 atom stereocenters. The summed E-state index contributed by atoms with van der Waals surface area (Å²) in [5.41, 5.74) is 2.59. The highest BCUT2D eigenvalue weighted by molar-refractivity contribution is 6.36. The Bertz CT molecular complexity index is 1160. The fourth-order valence-corrected chi connectivity index (χ4v) is 4.16. The van der Waals surface area contributed by atoms with E-state index in [9.17, 15) is 9.90 Å². The normalized spacial score (nSPS) is 17.2. The van der Waals surface area contributed by atoms with Gasteiger partial charge in [0.05, 0.1) is 31.4 Å². The van der Waals surface area contributed by atoms with Gasteiger partial charge in [0.25, 0.3) is 5.88 Å². The van der Waals surface area contributed by atoms with E-state index < -0.39 is 18.1 Å². The van der Waals surface area contributed by atoms with Crippen LogP contribution in [0, 0.1) is 0 Å². The molecule has 0 spiro atoms. The van der Waals surface area contributed by atoms with Crippen molar-refractivity contribution in [1.82, 2.24) is 9.97 Å². The van der Waals surface area contributed by atoms with Crippen molar-refractivity contribution in [3.05, 3.63) is 69.3 Å². The van der Waals surface area contributed by atoms with Crippen molar-refractivity contribution in [2.75, 3.05) is 19.5 Å². The fourth-order valence-electron chi connectivity index (χ4n) is 3.66. The zero-order chi connectivity index (χ0) is 22.1. The zero-order valence-electron chi connectivity index (χ0n) is 16.7. The number of esters is 1. The molecule has 3 aromatic rings. The minimum absolute atomic E-state index is 0.0456. The van der Waals surface area contributed by atoms with Gasteiger partial charge in [-0.2, -0.15) is 0 Å². The predicted molar refractivity (Wildman–Crippen MR) is 118 cm³/mol. The molecule has 0 unspecified atom stereocenters. The first-order valence-electron chi connectivity index (χ1n) is 9.45. The van der Waals surface area contributed by atoms with E-state index in [1.165, 1.54) is 14.2 Å². The number of aromatic nitrogens is 2. The van der Waals surface area contributed by atoms with Crippen LogP contribution in [0.3, 0.4) is 0 Å². The minimum Gasteiger partial charge on any atom is -0.478 e. The molecular formula is C22H19Cl2N3O4. The molecule has 0 amide bonds. The van der Waals surface area contributed by atoms with E-state index in [0.717, 1.165) is 11.1 Å². The number of nitrogens with one attached hydrogen (secondary N) is 1. The van der Waals surface area contributed by atoms with Crippen molar-refractivity contribution in [3.8, 4) is 17.1 Å². The monoisotopic (exact) mass is 459 g/mol. The third-order valence-electron chi connectivity index (χ3n) is 5.12. The van der Waals surface area contributed by atoms with Crippen molar-refractivity contribution in [1.29, 1.82) is 0 Å². The number of aliphatic hydroxyl groups excluding tert-OH is 1. The number of methoxy groups -OCH3 is 2. The highest BCUT2D eigenvalue weighted by Gasteiger charge is 2.33. The van der Waals surface area contributed by atoms with Crippen LogP contribution >= 0.6 is 23.2 Å². The molecule has 1 heterocycles. The molecule has 0 aliphatic heterocycles. The number of hydrogen-bond donors (Lipinski definition) is 2. The van der Waals surface area contributed by atoms with Crippen molar-refractivity contribution in [2.24, 2.45) is 0 Å². The van der Waals surface area contributed by atoms with Crippen molar-refractivity contribution >= 4 is 35.0 Å². The van der Waals surface area contributed by atoms with Gasteiger partial charge in [-0.05, 0) is 29.3 Å². The third-order valence-corrected chi connectivity index (χ3v) is 5.67. The highest BCUT2D eigenvalue weighted by atomic mass is 35.5. The zero-order valence-corrected chi connectivity index (χ0v) is 18.2. The van der Waals surface area contributed by atoms with Gasteiger partial charge in [-0.15, -0.1) is 0 Å². The number of fused-ring (bicyclic) bond motifs is 1. The quantitative estimate of drug-likeness (QED) is 0.548. The molecule has 0 saturated carbocycles. The van der Waals surface area contributed by atoms with Gasteiger partial charge in [0.2, 0.25) is 0 Å². The summed E-state index contributed by atoms with van der Waals surface area (Å²) in [4.78, 5) is 21.5. The van der Waals surface area contributed by atoms with Crippen LogP contribution in [-0.2, 0) is 11.2 Å². The van der Waals surface area contributed by atoms with E-state index in [1.807, 2.05) is 24.3 Å². The summed E-state index contributed by atoms with van der Waals surface area (Å²) in [5, 5.41) is 14.5. The average molecular weight is 460 g/mol. The summed E-state index contributed by atoms with van der Waals surface area (Å²) in [5.74, 6) is -0.339. The van der Waals surface area contributed by atoms with E-state index in [2.05, 4.69) is 15.3 Å². The van der Waals surface area contributed by atoms with Crippen molar-refractivity contribution in [2.45, 2.75) is 18.6 Å². The number of carbonyl (C=O) groups excluding carboxylic acids is 1. The number of anilines is 1. The van der Waals surface area contributed by atoms with Crippen LogP contribution in [0.2, 0.25) is 10.0 Å². The van der Waals surface area contributed by atoms with Crippen LogP contribution in [0.5, 0.6) is 5.88 Å². The van der Waals surface area contributed by atoms with E-state index >= 15 is 0 Å². The Morgan fingerprint density at radius 2 is 1.94 bits per heavy atom. The van der Waals surface area contributed by atoms with Gasteiger partial charge >= 0.3 is 5.97 Å². The molecule has 9 heteroatoms. The number of hydrogen-bond acceptors (Lipinski definition) is 7. The first-order valence-corrected chi connectivity index (χ1v) is 10.2. The maximum absolute atomic E-state index is 12.5. The summed E-state index contributed by atoms with van der Waals surface area (Å²) in [6.45, 7) is 0. The van der Waals surface area contributed by atoms with Crippen molar-refractivity contribution in [3.63, 3.8) is 0 Å². The maximum Gasteiger partial charge on any atom is 0.359 e. The molecule has 0 fully saturated rings. The molecule has 1 aromatic heterocycles. The molecule has 160 valence electrons. The number of rotatable bonds is 5. The van der Waals surface area contributed by atoms with Crippen LogP contribution < -0.4 is 10.1 Å². The van der Waals surface area contributed by atoms with Gasteiger partial charge in [0.15, 0.2) is 11.5 Å². The summed E-state index contributed by atoms with van der Waals surface area (Å²) >= 11 is 12.3. The molecule has 1 aliphatic rings. The van der Waals surface area contributed by atoms with Gasteiger partial charge in [-0.3, -0.25) is 0 Å². The van der Waals surface area contributed by atoms with Gasteiger partial charge in [-0.1, -0.05) is 47.5 Å². The molecule has 2 aromatic carbocycles. The van der Waals surface area contributed by atoms with Crippen molar-refractivity contribution < 1.29 is 19.4 Å². The van der Waals surface area contributed by atoms with E-state index in [-0.39, 0.29) is 23.1 Å². The smallest absolute Gasteiger partial charge is 0.359 e. The predicted octanol–water partition coefficient (Wildman–Crippen LogP) is 4.32. The average Bonchev–Trinajstić information content (AvgIpc) is 3.08. The first kappa shape index (κ1) is 21.4. The summed E-state index contributed by atoms with van der Waals surface area (Å²) < 4.78 is 10.3. The summed E-state index contributed by atoms with van der Waals surface area (Å²) in [6.07, 6.45) is -0.165. The molecule has 0 bridgehead atoms.